The number of carbonyl (C=O) groups is 3. The molecule has 0 amide bonds. The Kier molecular flexibility index (Phi) is 6.75. The fraction of sp³-hybridized carbons (Fsp3) is 0.471. The Balaban J connectivity index is 2.47. The van der Waals surface area contributed by atoms with Gasteiger partial charge in [-0.25, -0.2) is 0 Å². The second-order valence-corrected chi connectivity index (χ2v) is 6.11. The first-order chi connectivity index (χ1) is 10.7. The molecule has 0 bridgehead atoms. The predicted octanol–water partition coefficient (Wildman–Crippen LogP) is 2.55. The minimum atomic E-state index is -1.38. The van der Waals surface area contributed by atoms with Gasteiger partial charge in [0.1, 0.15) is 12.2 Å². The maximum Gasteiger partial charge on any atom is 0.320 e. The summed E-state index contributed by atoms with van der Waals surface area (Å²) in [6.45, 7) is 5.07. The molecular weight excluding hydrogens is 300 g/mol. The minimum absolute atomic E-state index is 0.115. The predicted molar refractivity (Wildman–Crippen MR) is 82.4 cm³/mol. The van der Waals surface area contributed by atoms with Crippen molar-refractivity contribution in [1.29, 1.82) is 0 Å². The average molecular weight is 322 g/mol. The first kappa shape index (κ1) is 18.7. The molecular formula is C17H22O6. The molecule has 1 aromatic rings. The summed E-state index contributed by atoms with van der Waals surface area (Å²) < 4.78 is 10.1. The summed E-state index contributed by atoms with van der Waals surface area (Å²) in [4.78, 5) is 34.7. The van der Waals surface area contributed by atoms with E-state index in [1.165, 1.54) is 0 Å². The van der Waals surface area contributed by atoms with Crippen LogP contribution in [-0.4, -0.2) is 28.6 Å². The second-order valence-electron chi connectivity index (χ2n) is 6.11. The summed E-state index contributed by atoms with van der Waals surface area (Å²) >= 11 is 0. The molecule has 0 spiro atoms. The zero-order valence-electron chi connectivity index (χ0n) is 13.6. The van der Waals surface area contributed by atoms with Crippen LogP contribution in [0.3, 0.4) is 0 Å². The number of hydrogen-bond donors (Lipinski definition) is 1. The van der Waals surface area contributed by atoms with Crippen LogP contribution in [0.1, 0.15) is 39.2 Å². The topological polar surface area (TPSA) is 89.9 Å². The molecule has 6 nitrogen and oxygen atoms in total. The summed E-state index contributed by atoms with van der Waals surface area (Å²) in [7, 11) is 0. The van der Waals surface area contributed by atoms with E-state index >= 15 is 0 Å². The van der Waals surface area contributed by atoms with Gasteiger partial charge in [-0.2, -0.15) is 0 Å². The maximum absolute atomic E-state index is 11.8. The van der Waals surface area contributed by atoms with Gasteiger partial charge in [0.2, 0.25) is 0 Å². The molecule has 1 rings (SSSR count). The molecule has 0 saturated carbocycles. The second kappa shape index (κ2) is 8.31. The largest absolute Gasteiger partial charge is 0.481 e. The van der Waals surface area contributed by atoms with E-state index < -0.39 is 29.4 Å². The van der Waals surface area contributed by atoms with Gasteiger partial charge < -0.3 is 14.6 Å². The molecule has 0 aliphatic carbocycles. The van der Waals surface area contributed by atoms with E-state index in [1.54, 1.807) is 20.8 Å². The van der Waals surface area contributed by atoms with Crippen LogP contribution < -0.4 is 0 Å². The quantitative estimate of drug-likeness (QED) is 0.613. The molecule has 0 saturated heterocycles. The molecule has 0 fully saturated rings. The highest BCUT2D eigenvalue weighted by Crippen LogP contribution is 2.16. The highest BCUT2D eigenvalue weighted by molar-refractivity contribution is 5.94. The molecule has 0 heterocycles. The van der Waals surface area contributed by atoms with Crippen LogP contribution in [-0.2, 0) is 30.5 Å². The fourth-order valence-electron chi connectivity index (χ4n) is 1.79. The van der Waals surface area contributed by atoms with Gasteiger partial charge in [-0.3, -0.25) is 14.4 Å². The van der Waals surface area contributed by atoms with Gasteiger partial charge in [0.25, 0.3) is 0 Å². The lowest BCUT2D eigenvalue weighted by Gasteiger charge is -2.22. The highest BCUT2D eigenvalue weighted by atomic mass is 16.6. The summed E-state index contributed by atoms with van der Waals surface area (Å²) in [5.74, 6) is -4.09. The number of benzene rings is 1. The Bertz CT molecular complexity index is 544. The highest BCUT2D eigenvalue weighted by Gasteiger charge is 2.31. The van der Waals surface area contributed by atoms with Crippen LogP contribution in [0, 0.1) is 5.92 Å². The zero-order valence-corrected chi connectivity index (χ0v) is 13.6. The molecule has 6 heteroatoms. The van der Waals surface area contributed by atoms with Gasteiger partial charge >= 0.3 is 17.9 Å². The standard InChI is InChI=1S/C17H22O6/c1-17(2,3)23-16(21)13(15(19)20)9-10-14(18)22-11-12-7-5-4-6-8-12/h4-8,13H,9-11H2,1-3H3,(H,19,20). The van der Waals surface area contributed by atoms with Crippen molar-refractivity contribution in [3.63, 3.8) is 0 Å². The monoisotopic (exact) mass is 322 g/mol. The number of carbonyl (C=O) groups excluding carboxylic acids is 2. The minimum Gasteiger partial charge on any atom is -0.481 e. The van der Waals surface area contributed by atoms with Crippen molar-refractivity contribution in [2.24, 2.45) is 5.92 Å². The Labute approximate surface area is 135 Å². The molecule has 1 unspecified atom stereocenters. The summed E-state index contributed by atoms with van der Waals surface area (Å²) in [5.41, 5.74) is 0.0567. The smallest absolute Gasteiger partial charge is 0.320 e. The van der Waals surface area contributed by atoms with E-state index in [4.69, 9.17) is 14.6 Å². The summed E-state index contributed by atoms with van der Waals surface area (Å²) in [5, 5.41) is 9.11. The number of ether oxygens (including phenoxy) is 2. The third kappa shape index (κ3) is 7.44. The third-order valence-corrected chi connectivity index (χ3v) is 2.87. The van der Waals surface area contributed by atoms with Crippen LogP contribution >= 0.6 is 0 Å². The van der Waals surface area contributed by atoms with Crippen molar-refractivity contribution in [2.75, 3.05) is 0 Å². The molecule has 23 heavy (non-hydrogen) atoms. The van der Waals surface area contributed by atoms with Crippen molar-refractivity contribution >= 4 is 17.9 Å². The Hall–Kier alpha value is -2.37. The summed E-state index contributed by atoms with van der Waals surface area (Å²) in [6.07, 6.45) is -0.319. The maximum atomic E-state index is 11.8. The average Bonchev–Trinajstić information content (AvgIpc) is 2.44. The van der Waals surface area contributed by atoms with Crippen molar-refractivity contribution in [2.45, 2.75) is 45.8 Å². The SMILES string of the molecule is CC(C)(C)OC(=O)C(CCC(=O)OCc1ccccc1)C(=O)O. The molecule has 0 radical (unpaired) electrons. The van der Waals surface area contributed by atoms with Gasteiger partial charge in [0.15, 0.2) is 5.92 Å². The Morgan fingerprint density at radius 2 is 1.74 bits per heavy atom. The molecule has 0 aliphatic heterocycles. The molecule has 1 N–H and O–H groups in total. The lowest BCUT2D eigenvalue weighted by molar-refractivity contribution is -0.167. The summed E-state index contributed by atoms with van der Waals surface area (Å²) in [6, 6.07) is 9.13. The van der Waals surface area contributed by atoms with E-state index in [0.717, 1.165) is 5.56 Å². The lowest BCUT2D eigenvalue weighted by atomic mass is 10.0. The van der Waals surface area contributed by atoms with Crippen LogP contribution in [0.25, 0.3) is 0 Å². The number of carboxylic acids is 1. The Morgan fingerprint density at radius 3 is 2.26 bits per heavy atom. The molecule has 1 aromatic carbocycles. The van der Waals surface area contributed by atoms with Gasteiger partial charge in [0.05, 0.1) is 0 Å². The van der Waals surface area contributed by atoms with Crippen molar-refractivity contribution in [3.05, 3.63) is 35.9 Å². The van der Waals surface area contributed by atoms with E-state index in [0.29, 0.717) is 0 Å². The number of rotatable bonds is 7. The lowest BCUT2D eigenvalue weighted by Crippen LogP contribution is -2.33. The molecule has 126 valence electrons. The van der Waals surface area contributed by atoms with Crippen molar-refractivity contribution in [3.8, 4) is 0 Å². The number of esters is 2. The zero-order chi connectivity index (χ0) is 17.5. The Morgan fingerprint density at radius 1 is 1.13 bits per heavy atom. The normalized spacial score (nSPS) is 12.3. The van der Waals surface area contributed by atoms with Gasteiger partial charge in [-0.05, 0) is 32.8 Å². The molecule has 1 atom stereocenters. The van der Waals surface area contributed by atoms with Crippen LogP contribution in [0.2, 0.25) is 0 Å². The number of hydrogen-bond acceptors (Lipinski definition) is 5. The fourth-order valence-corrected chi connectivity index (χ4v) is 1.79. The van der Waals surface area contributed by atoms with Crippen molar-refractivity contribution < 1.29 is 29.0 Å². The van der Waals surface area contributed by atoms with Crippen molar-refractivity contribution in [1.82, 2.24) is 0 Å². The van der Waals surface area contributed by atoms with E-state index in [9.17, 15) is 14.4 Å². The number of aliphatic carboxylic acids is 1. The van der Waals surface area contributed by atoms with E-state index in [1.807, 2.05) is 30.3 Å². The van der Waals surface area contributed by atoms with Gasteiger partial charge in [-0.1, -0.05) is 30.3 Å². The van der Waals surface area contributed by atoms with E-state index in [2.05, 4.69) is 0 Å². The van der Waals surface area contributed by atoms with Crippen LogP contribution in [0.4, 0.5) is 0 Å². The molecule has 0 aliphatic rings. The third-order valence-electron chi connectivity index (χ3n) is 2.87. The number of carboxylic acid groups (broad SMARTS) is 1. The van der Waals surface area contributed by atoms with Crippen LogP contribution in [0.5, 0.6) is 0 Å². The first-order valence-electron chi connectivity index (χ1n) is 7.34. The van der Waals surface area contributed by atoms with Crippen LogP contribution in [0.15, 0.2) is 30.3 Å². The van der Waals surface area contributed by atoms with Gasteiger partial charge in [-0.15, -0.1) is 0 Å². The van der Waals surface area contributed by atoms with Gasteiger partial charge in [0, 0.05) is 6.42 Å². The molecule has 0 aromatic heterocycles. The first-order valence-corrected chi connectivity index (χ1v) is 7.34. The van der Waals surface area contributed by atoms with E-state index in [-0.39, 0.29) is 19.4 Å².